The molecule has 2 aromatic heterocycles. The quantitative estimate of drug-likeness (QED) is 0.398. The molecular weight excluding hydrogens is 385 g/mol. The van der Waals surface area contributed by atoms with Crippen molar-refractivity contribution in [3.05, 3.63) is 33.2 Å². The number of ether oxygens (including phenoxy) is 2. The fourth-order valence-electron chi connectivity index (χ4n) is 2.80. The zero-order chi connectivity index (χ0) is 20.5. The molecule has 0 amide bonds. The van der Waals surface area contributed by atoms with Crippen molar-refractivity contribution in [3.8, 4) is 5.88 Å². The van der Waals surface area contributed by atoms with Crippen LogP contribution in [0, 0.1) is 17.0 Å². The highest BCUT2D eigenvalue weighted by molar-refractivity contribution is 6.29. The molecule has 2 aromatic rings. The fourth-order valence-corrected chi connectivity index (χ4v) is 3.23. The molecule has 26 heavy (non-hydrogen) atoms. The van der Waals surface area contributed by atoms with E-state index in [9.17, 15) is 10.1 Å². The highest BCUT2D eigenvalue weighted by Gasteiger charge is 2.32. The fraction of sp³-hybridized carbons (Fsp3) is 0.600. The third kappa shape index (κ3) is 4.28. The maximum Gasteiger partial charge on any atom is 0.352 e. The number of hydrogen-bond acceptors (Lipinski definition) is 6. The van der Waals surface area contributed by atoms with Gasteiger partial charge in [-0.3, -0.25) is 19.5 Å². The van der Waals surface area contributed by atoms with Gasteiger partial charge in [0.25, 0.3) is 0 Å². The summed E-state index contributed by atoms with van der Waals surface area (Å²) < 4.78 is 29.5. The first kappa shape index (κ1) is 16.3. The SMILES string of the molecule is [2H]C([2H])(CCOc1nn(C2CCOC(Cl)C2)c(C)c1[N+](=O)[O-])n1ccc(Cl)n1. The van der Waals surface area contributed by atoms with Gasteiger partial charge in [0.05, 0.1) is 26.9 Å². The van der Waals surface area contributed by atoms with E-state index < -0.39 is 17.0 Å². The van der Waals surface area contributed by atoms with Crippen molar-refractivity contribution in [2.75, 3.05) is 13.2 Å². The Labute approximate surface area is 162 Å². The van der Waals surface area contributed by atoms with E-state index in [1.807, 2.05) is 0 Å². The largest absolute Gasteiger partial charge is 0.472 e. The molecule has 0 radical (unpaired) electrons. The lowest BCUT2D eigenvalue weighted by atomic mass is 10.1. The molecule has 0 aliphatic carbocycles. The first-order valence-corrected chi connectivity index (χ1v) is 8.84. The highest BCUT2D eigenvalue weighted by Crippen LogP contribution is 2.35. The Morgan fingerprint density at radius 1 is 1.58 bits per heavy atom. The molecule has 1 fully saturated rings. The van der Waals surface area contributed by atoms with Crippen LogP contribution < -0.4 is 4.74 Å². The summed E-state index contributed by atoms with van der Waals surface area (Å²) in [5.74, 6) is -0.144. The molecule has 9 nitrogen and oxygen atoms in total. The molecular formula is C15H19Cl2N5O4. The molecule has 0 spiro atoms. The van der Waals surface area contributed by atoms with E-state index in [1.54, 1.807) is 11.6 Å². The van der Waals surface area contributed by atoms with E-state index >= 15 is 0 Å². The topological polar surface area (TPSA) is 97.2 Å². The van der Waals surface area contributed by atoms with Gasteiger partial charge in [-0.25, -0.2) is 0 Å². The van der Waals surface area contributed by atoms with E-state index in [4.69, 9.17) is 35.4 Å². The number of alkyl halides is 1. The molecule has 0 saturated carbocycles. The van der Waals surface area contributed by atoms with E-state index in [-0.39, 0.29) is 35.8 Å². The van der Waals surface area contributed by atoms with Crippen molar-refractivity contribution < 1.29 is 17.1 Å². The minimum absolute atomic E-state index is 0.102. The molecule has 0 N–H and O–H groups in total. The second-order valence-electron chi connectivity index (χ2n) is 5.74. The summed E-state index contributed by atoms with van der Waals surface area (Å²) in [6, 6.07) is 1.33. The summed E-state index contributed by atoms with van der Waals surface area (Å²) in [4.78, 5) is 11.0. The van der Waals surface area contributed by atoms with Crippen LogP contribution in [0.25, 0.3) is 0 Å². The number of hydrogen-bond donors (Lipinski definition) is 0. The number of aryl methyl sites for hydroxylation is 1. The molecule has 1 saturated heterocycles. The lowest BCUT2D eigenvalue weighted by molar-refractivity contribution is -0.386. The van der Waals surface area contributed by atoms with Gasteiger partial charge in [-0.1, -0.05) is 23.2 Å². The van der Waals surface area contributed by atoms with Crippen LogP contribution in [0.2, 0.25) is 5.15 Å². The second kappa shape index (κ2) is 8.24. The Morgan fingerprint density at radius 3 is 3.04 bits per heavy atom. The van der Waals surface area contributed by atoms with Crippen LogP contribution in [-0.2, 0) is 11.2 Å². The first-order valence-electron chi connectivity index (χ1n) is 9.02. The van der Waals surface area contributed by atoms with Gasteiger partial charge in [-0.2, -0.15) is 5.10 Å². The molecule has 3 rings (SSSR count). The van der Waals surface area contributed by atoms with Gasteiger partial charge < -0.3 is 9.47 Å². The van der Waals surface area contributed by atoms with Crippen molar-refractivity contribution >= 4 is 28.9 Å². The Hall–Kier alpha value is -1.84. The van der Waals surface area contributed by atoms with Crippen molar-refractivity contribution in [2.24, 2.45) is 0 Å². The highest BCUT2D eigenvalue weighted by atomic mass is 35.5. The summed E-state index contributed by atoms with van der Waals surface area (Å²) in [7, 11) is 0. The van der Waals surface area contributed by atoms with Gasteiger partial charge in [-0.05, 0) is 19.4 Å². The second-order valence-corrected chi connectivity index (χ2v) is 6.61. The van der Waals surface area contributed by atoms with Crippen molar-refractivity contribution in [1.82, 2.24) is 19.6 Å². The monoisotopic (exact) mass is 405 g/mol. The Bertz CT molecular complexity index is 860. The third-order valence-electron chi connectivity index (χ3n) is 3.99. The van der Waals surface area contributed by atoms with Gasteiger partial charge >= 0.3 is 11.6 Å². The number of nitro groups is 1. The van der Waals surface area contributed by atoms with E-state index in [1.165, 1.54) is 12.3 Å². The van der Waals surface area contributed by atoms with Crippen molar-refractivity contribution in [2.45, 2.75) is 44.3 Å². The average Bonchev–Trinajstić information content (AvgIpc) is 3.19. The van der Waals surface area contributed by atoms with Gasteiger partial charge in [0.1, 0.15) is 11.3 Å². The maximum absolute atomic E-state index is 11.5. The normalized spacial score (nSPS) is 22.0. The Kier molecular flexibility index (Phi) is 5.18. The number of halogens is 2. The molecule has 3 heterocycles. The average molecular weight is 406 g/mol. The zero-order valence-electron chi connectivity index (χ0n) is 16.0. The molecule has 1 aliphatic heterocycles. The van der Waals surface area contributed by atoms with Crippen LogP contribution in [0.3, 0.4) is 0 Å². The van der Waals surface area contributed by atoms with E-state index in [0.717, 1.165) is 4.68 Å². The number of nitrogens with zero attached hydrogens (tertiary/aromatic N) is 5. The molecule has 2 atom stereocenters. The number of rotatable bonds is 7. The Morgan fingerprint density at radius 2 is 2.38 bits per heavy atom. The molecule has 0 aromatic carbocycles. The Balaban J connectivity index is 1.74. The molecule has 1 aliphatic rings. The lowest BCUT2D eigenvalue weighted by Gasteiger charge is -2.26. The van der Waals surface area contributed by atoms with Crippen LogP contribution >= 0.6 is 23.2 Å². The van der Waals surface area contributed by atoms with E-state index in [2.05, 4.69) is 10.2 Å². The van der Waals surface area contributed by atoms with E-state index in [0.29, 0.717) is 25.1 Å². The molecule has 142 valence electrons. The third-order valence-corrected chi connectivity index (χ3v) is 4.50. The molecule has 11 heteroatoms. The number of aromatic nitrogens is 4. The van der Waals surface area contributed by atoms with Gasteiger partial charge in [0.2, 0.25) is 0 Å². The summed E-state index contributed by atoms with van der Waals surface area (Å²) in [6.45, 7) is 0.0379. The maximum atomic E-state index is 11.5. The van der Waals surface area contributed by atoms with Crippen molar-refractivity contribution in [1.29, 1.82) is 0 Å². The summed E-state index contributed by atoms with van der Waals surface area (Å²) in [5, 5.41) is 19.8. The molecule has 0 bridgehead atoms. The summed E-state index contributed by atoms with van der Waals surface area (Å²) in [5.41, 5.74) is -0.350. The standard InChI is InChI=1S/C15H19Cl2N5O4/c1-10-14(22(23)24)15(19-21(10)11-4-8-25-13(17)9-11)26-7-2-5-20-6-3-12(16)18-20/h3,6,11,13H,2,4-5,7-9H2,1H3/i5D2. The predicted octanol–water partition coefficient (Wildman–Crippen LogP) is 3.34. The smallest absolute Gasteiger partial charge is 0.352 e. The van der Waals surface area contributed by atoms with Crippen LogP contribution in [-0.4, -0.2) is 43.3 Å². The van der Waals surface area contributed by atoms with Crippen LogP contribution in [0.5, 0.6) is 5.88 Å². The zero-order valence-corrected chi connectivity index (χ0v) is 15.5. The van der Waals surface area contributed by atoms with Crippen LogP contribution in [0.15, 0.2) is 12.3 Å². The van der Waals surface area contributed by atoms with Crippen LogP contribution in [0.4, 0.5) is 5.69 Å². The first-order chi connectivity index (χ1) is 13.2. The van der Waals surface area contributed by atoms with Gasteiger partial charge in [0, 0.05) is 25.5 Å². The van der Waals surface area contributed by atoms with Gasteiger partial charge in [-0.15, -0.1) is 5.10 Å². The lowest BCUT2D eigenvalue weighted by Crippen LogP contribution is -2.25. The van der Waals surface area contributed by atoms with Gasteiger partial charge in [0.15, 0.2) is 5.15 Å². The van der Waals surface area contributed by atoms with Crippen molar-refractivity contribution in [3.63, 3.8) is 0 Å². The summed E-state index contributed by atoms with van der Waals surface area (Å²) in [6.07, 6.45) is 2.42. The van der Waals surface area contributed by atoms with Crippen LogP contribution in [0.1, 0.15) is 33.7 Å². The molecule has 2 unspecified atom stereocenters. The summed E-state index contributed by atoms with van der Waals surface area (Å²) >= 11 is 11.7. The predicted molar refractivity (Wildman–Crippen MR) is 94.8 cm³/mol. The minimum atomic E-state index is -1.87. The minimum Gasteiger partial charge on any atom is -0.472 e.